The summed E-state index contributed by atoms with van der Waals surface area (Å²) in [5, 5.41) is 20.0. The Bertz CT molecular complexity index is 520. The maximum absolute atomic E-state index is 13.7. The maximum Gasteiger partial charge on any atom is 0.272 e. The molecule has 0 aromatic heterocycles. The fraction of sp³-hybridized carbons (Fsp3) is 0.417. The minimum absolute atomic E-state index is 0.162. The summed E-state index contributed by atoms with van der Waals surface area (Å²) >= 11 is 0. The summed E-state index contributed by atoms with van der Waals surface area (Å²) in [5.74, 6) is -1.47. The highest BCUT2D eigenvalue weighted by atomic mass is 19.1. The van der Waals surface area contributed by atoms with Crippen LogP contribution in [0, 0.1) is 15.9 Å². The van der Waals surface area contributed by atoms with E-state index in [0.717, 1.165) is 18.2 Å². The molecule has 0 spiro atoms. The minimum atomic E-state index is -0.917. The molecule has 1 aromatic rings. The Morgan fingerprint density at radius 2 is 2.26 bits per heavy atom. The van der Waals surface area contributed by atoms with Crippen LogP contribution in [0.5, 0.6) is 0 Å². The molecule has 19 heavy (non-hydrogen) atoms. The predicted molar refractivity (Wildman–Crippen MR) is 64.2 cm³/mol. The number of carbonyl (C=O) groups excluding carboxylic acids is 1. The molecule has 6 nitrogen and oxygen atoms in total. The number of rotatable bonds is 2. The van der Waals surface area contributed by atoms with Gasteiger partial charge in [-0.1, -0.05) is 0 Å². The average molecular weight is 268 g/mol. The highest BCUT2D eigenvalue weighted by molar-refractivity contribution is 5.94. The van der Waals surface area contributed by atoms with E-state index in [1.165, 1.54) is 4.90 Å². The lowest BCUT2D eigenvalue weighted by molar-refractivity contribution is -0.385. The summed E-state index contributed by atoms with van der Waals surface area (Å²) in [6, 6.07) is 2.93. The summed E-state index contributed by atoms with van der Waals surface area (Å²) in [7, 11) is 0. The summed E-state index contributed by atoms with van der Waals surface area (Å²) in [6.45, 7) is 0.613. The van der Waals surface area contributed by atoms with Crippen LogP contribution in [-0.4, -0.2) is 40.0 Å². The van der Waals surface area contributed by atoms with Gasteiger partial charge in [0.05, 0.1) is 22.7 Å². The van der Waals surface area contributed by atoms with Crippen molar-refractivity contribution in [3.05, 3.63) is 39.7 Å². The zero-order chi connectivity index (χ0) is 14.0. The van der Waals surface area contributed by atoms with E-state index in [1.807, 2.05) is 0 Å². The van der Waals surface area contributed by atoms with Crippen molar-refractivity contribution in [2.45, 2.75) is 18.9 Å². The number of likely N-dealkylation sites (tertiary alicyclic amines) is 1. The third kappa shape index (κ3) is 2.87. The molecule has 102 valence electrons. The molecular weight excluding hydrogens is 255 g/mol. The number of amides is 1. The van der Waals surface area contributed by atoms with Gasteiger partial charge < -0.3 is 10.0 Å². The molecule has 0 aliphatic carbocycles. The molecule has 1 aliphatic heterocycles. The molecule has 0 bridgehead atoms. The molecule has 1 N–H and O–H groups in total. The van der Waals surface area contributed by atoms with Crippen LogP contribution in [-0.2, 0) is 0 Å². The highest BCUT2D eigenvalue weighted by Gasteiger charge is 2.25. The number of aliphatic hydroxyl groups excluding tert-OH is 1. The molecule has 0 radical (unpaired) electrons. The largest absolute Gasteiger partial charge is 0.391 e. The van der Waals surface area contributed by atoms with Crippen LogP contribution in [0.4, 0.5) is 10.1 Å². The van der Waals surface area contributed by atoms with Gasteiger partial charge in [-0.15, -0.1) is 0 Å². The Labute approximate surface area is 108 Å². The van der Waals surface area contributed by atoms with Crippen LogP contribution in [0.25, 0.3) is 0 Å². The normalized spacial score (nSPS) is 19.3. The number of piperidine rings is 1. The second kappa shape index (κ2) is 5.31. The van der Waals surface area contributed by atoms with Crippen molar-refractivity contribution in [1.82, 2.24) is 4.90 Å². The molecule has 1 fully saturated rings. The number of carbonyl (C=O) groups is 1. The van der Waals surface area contributed by atoms with Crippen LogP contribution in [0.1, 0.15) is 23.2 Å². The molecule has 1 aromatic carbocycles. The van der Waals surface area contributed by atoms with Crippen LogP contribution >= 0.6 is 0 Å². The topological polar surface area (TPSA) is 83.7 Å². The van der Waals surface area contributed by atoms with E-state index >= 15 is 0 Å². The zero-order valence-corrected chi connectivity index (χ0v) is 10.1. The number of hydrogen-bond donors (Lipinski definition) is 1. The minimum Gasteiger partial charge on any atom is -0.391 e. The monoisotopic (exact) mass is 268 g/mol. The van der Waals surface area contributed by atoms with Gasteiger partial charge in [-0.2, -0.15) is 0 Å². The molecule has 0 saturated carbocycles. The van der Waals surface area contributed by atoms with Crippen molar-refractivity contribution in [2.75, 3.05) is 13.1 Å². The first-order chi connectivity index (χ1) is 8.99. The maximum atomic E-state index is 13.7. The van der Waals surface area contributed by atoms with Crippen molar-refractivity contribution >= 4 is 11.6 Å². The molecule has 1 saturated heterocycles. The first-order valence-electron chi connectivity index (χ1n) is 5.90. The molecule has 1 aliphatic rings. The van der Waals surface area contributed by atoms with E-state index in [4.69, 9.17) is 0 Å². The van der Waals surface area contributed by atoms with Crippen LogP contribution in [0.2, 0.25) is 0 Å². The number of nitrogens with zero attached hydrogens (tertiary/aromatic N) is 2. The van der Waals surface area contributed by atoms with Gasteiger partial charge in [0.2, 0.25) is 0 Å². The van der Waals surface area contributed by atoms with Crippen molar-refractivity contribution in [3.8, 4) is 0 Å². The van der Waals surface area contributed by atoms with E-state index in [-0.39, 0.29) is 12.1 Å². The molecule has 1 atom stereocenters. The first-order valence-corrected chi connectivity index (χ1v) is 5.90. The second-order valence-electron chi connectivity index (χ2n) is 4.47. The molecule has 1 amide bonds. The van der Waals surface area contributed by atoms with Crippen LogP contribution in [0.3, 0.4) is 0 Å². The number of halogens is 1. The Morgan fingerprint density at radius 1 is 1.53 bits per heavy atom. The summed E-state index contributed by atoms with van der Waals surface area (Å²) < 4.78 is 13.7. The fourth-order valence-corrected chi connectivity index (χ4v) is 2.10. The average Bonchev–Trinajstić information content (AvgIpc) is 2.37. The Hall–Kier alpha value is -2.02. The second-order valence-corrected chi connectivity index (χ2v) is 4.47. The van der Waals surface area contributed by atoms with E-state index in [1.54, 1.807) is 0 Å². The van der Waals surface area contributed by atoms with E-state index in [0.29, 0.717) is 19.4 Å². The Kier molecular flexibility index (Phi) is 3.75. The van der Waals surface area contributed by atoms with Crippen molar-refractivity contribution in [1.29, 1.82) is 0 Å². The third-order valence-electron chi connectivity index (χ3n) is 3.08. The summed E-state index contributed by atoms with van der Waals surface area (Å²) in [4.78, 5) is 23.2. The SMILES string of the molecule is O=C(c1ccc([N+](=O)[O-])cc1F)N1CCC[C@H](O)C1. The molecule has 0 unspecified atom stereocenters. The molecule has 1 heterocycles. The smallest absolute Gasteiger partial charge is 0.272 e. The van der Waals surface area contributed by atoms with E-state index < -0.39 is 28.4 Å². The van der Waals surface area contributed by atoms with Crippen LogP contribution < -0.4 is 0 Å². The van der Waals surface area contributed by atoms with Gasteiger partial charge in [0, 0.05) is 19.2 Å². The number of benzene rings is 1. The van der Waals surface area contributed by atoms with Gasteiger partial charge in [-0.05, 0) is 18.9 Å². The van der Waals surface area contributed by atoms with Gasteiger partial charge >= 0.3 is 0 Å². The number of nitro benzene ring substituents is 1. The van der Waals surface area contributed by atoms with E-state index in [9.17, 15) is 24.4 Å². The quantitative estimate of drug-likeness (QED) is 0.648. The van der Waals surface area contributed by atoms with Gasteiger partial charge in [-0.25, -0.2) is 4.39 Å². The number of β-amino-alcohol motifs (C(OH)–C–C–N with tert-alkyl or cyclic N) is 1. The van der Waals surface area contributed by atoms with Gasteiger partial charge in [0.15, 0.2) is 0 Å². The third-order valence-corrected chi connectivity index (χ3v) is 3.08. The zero-order valence-electron chi connectivity index (χ0n) is 10.1. The van der Waals surface area contributed by atoms with Gasteiger partial charge in [0.1, 0.15) is 5.82 Å². The lowest BCUT2D eigenvalue weighted by Gasteiger charge is -2.30. The van der Waals surface area contributed by atoms with Crippen molar-refractivity contribution in [3.63, 3.8) is 0 Å². The summed E-state index contributed by atoms with van der Waals surface area (Å²) in [6.07, 6.45) is 0.674. The Balaban J connectivity index is 2.21. The van der Waals surface area contributed by atoms with Crippen molar-refractivity contribution in [2.24, 2.45) is 0 Å². The number of non-ortho nitro benzene ring substituents is 1. The van der Waals surface area contributed by atoms with E-state index in [2.05, 4.69) is 0 Å². The summed E-state index contributed by atoms with van der Waals surface area (Å²) in [5.41, 5.74) is -0.604. The van der Waals surface area contributed by atoms with Crippen molar-refractivity contribution < 1.29 is 19.2 Å². The Morgan fingerprint density at radius 3 is 2.84 bits per heavy atom. The molecule has 2 rings (SSSR count). The number of aliphatic hydroxyl groups is 1. The lowest BCUT2D eigenvalue weighted by atomic mass is 10.1. The van der Waals surface area contributed by atoms with Crippen LogP contribution in [0.15, 0.2) is 18.2 Å². The first kappa shape index (κ1) is 13.4. The lowest BCUT2D eigenvalue weighted by Crippen LogP contribution is -2.42. The molecule has 7 heteroatoms. The highest BCUT2D eigenvalue weighted by Crippen LogP contribution is 2.20. The number of nitro groups is 1. The number of hydrogen-bond acceptors (Lipinski definition) is 4. The predicted octanol–water partition coefficient (Wildman–Crippen LogP) is 1.33. The van der Waals surface area contributed by atoms with Gasteiger partial charge in [-0.3, -0.25) is 14.9 Å². The standard InChI is InChI=1S/C12H13FN2O4/c13-11-6-8(15(18)19)3-4-10(11)12(17)14-5-1-2-9(16)7-14/h3-4,6,9,16H,1-2,5,7H2/t9-/m0/s1. The molecular formula is C12H13FN2O4. The van der Waals surface area contributed by atoms with Gasteiger partial charge in [0.25, 0.3) is 11.6 Å². The fourth-order valence-electron chi connectivity index (χ4n) is 2.10.